The van der Waals surface area contributed by atoms with Gasteiger partial charge in [-0.15, -0.1) is 11.3 Å². The van der Waals surface area contributed by atoms with E-state index in [4.69, 9.17) is 5.11 Å². The molecule has 0 saturated carbocycles. The smallest absolute Gasteiger partial charge is 0.335 e. The average molecular weight is 318 g/mol. The lowest BCUT2D eigenvalue weighted by Crippen LogP contribution is -2.36. The van der Waals surface area contributed by atoms with Crippen molar-refractivity contribution in [3.05, 3.63) is 57.3 Å². The number of carbonyl (C=O) groups is 2. The highest BCUT2D eigenvalue weighted by atomic mass is 32.1. The molecule has 0 aliphatic carbocycles. The molecule has 0 atom stereocenters. The molecule has 0 aliphatic rings. The molecule has 2 aromatic rings. The number of benzene rings is 1. The molecule has 116 valence electrons. The van der Waals surface area contributed by atoms with E-state index >= 15 is 0 Å². The summed E-state index contributed by atoms with van der Waals surface area (Å²) in [6.45, 7) is 3.02. The first-order valence-electron chi connectivity index (χ1n) is 6.93. The van der Waals surface area contributed by atoms with Crippen molar-refractivity contribution in [2.45, 2.75) is 19.9 Å². The summed E-state index contributed by atoms with van der Waals surface area (Å²) in [6.07, 6.45) is 0.824. The molecule has 1 aromatic heterocycles. The maximum absolute atomic E-state index is 11.7. The molecule has 1 heterocycles. The number of hydrogen-bond donors (Lipinski definition) is 3. The van der Waals surface area contributed by atoms with Crippen molar-refractivity contribution in [2.75, 3.05) is 6.54 Å². The maximum atomic E-state index is 11.7. The summed E-state index contributed by atoms with van der Waals surface area (Å²) in [5.74, 6) is -0.957. The Morgan fingerprint density at radius 1 is 1.14 bits per heavy atom. The van der Waals surface area contributed by atoms with Gasteiger partial charge in [0.1, 0.15) is 0 Å². The molecule has 0 fully saturated rings. The van der Waals surface area contributed by atoms with Gasteiger partial charge in [0.2, 0.25) is 0 Å². The van der Waals surface area contributed by atoms with Gasteiger partial charge in [0, 0.05) is 18.0 Å². The molecule has 0 spiro atoms. The third-order valence-electron chi connectivity index (χ3n) is 3.26. The number of urea groups is 1. The van der Waals surface area contributed by atoms with E-state index in [9.17, 15) is 9.59 Å². The summed E-state index contributed by atoms with van der Waals surface area (Å²) < 4.78 is 0. The number of thiophene rings is 1. The van der Waals surface area contributed by atoms with Crippen LogP contribution in [0.5, 0.6) is 0 Å². The van der Waals surface area contributed by atoms with Crippen LogP contribution in [0.25, 0.3) is 0 Å². The Kier molecular flexibility index (Phi) is 5.55. The van der Waals surface area contributed by atoms with Gasteiger partial charge in [0.15, 0.2) is 0 Å². The van der Waals surface area contributed by atoms with E-state index in [1.165, 1.54) is 22.6 Å². The van der Waals surface area contributed by atoms with Crippen LogP contribution in [-0.2, 0) is 13.0 Å². The summed E-state index contributed by atoms with van der Waals surface area (Å²) in [5, 5.41) is 16.4. The molecule has 1 aromatic carbocycles. The van der Waals surface area contributed by atoms with Crippen LogP contribution in [0, 0.1) is 6.92 Å². The molecule has 0 radical (unpaired) electrons. The predicted octanol–water partition coefficient (Wildman–Crippen LogP) is 2.80. The Morgan fingerprint density at radius 3 is 2.45 bits per heavy atom. The first-order chi connectivity index (χ1) is 10.6. The highest BCUT2D eigenvalue weighted by Crippen LogP contribution is 2.15. The van der Waals surface area contributed by atoms with E-state index in [-0.39, 0.29) is 11.6 Å². The van der Waals surface area contributed by atoms with Crippen LogP contribution >= 0.6 is 11.3 Å². The molecule has 2 amide bonds. The SMILES string of the molecule is Cc1ccsc1CCNC(=O)NCc1ccc(C(=O)O)cc1. The molecule has 5 nitrogen and oxygen atoms in total. The van der Waals surface area contributed by atoms with Crippen LogP contribution in [0.15, 0.2) is 35.7 Å². The Hall–Kier alpha value is -2.34. The monoisotopic (exact) mass is 318 g/mol. The van der Waals surface area contributed by atoms with E-state index in [0.717, 1.165) is 12.0 Å². The van der Waals surface area contributed by atoms with Crippen LogP contribution < -0.4 is 10.6 Å². The number of aromatic carboxylic acids is 1. The fraction of sp³-hybridized carbons (Fsp3) is 0.250. The van der Waals surface area contributed by atoms with Crippen molar-refractivity contribution < 1.29 is 14.7 Å². The zero-order valence-electron chi connectivity index (χ0n) is 12.3. The van der Waals surface area contributed by atoms with E-state index in [2.05, 4.69) is 23.6 Å². The Labute approximate surface area is 133 Å². The quantitative estimate of drug-likeness (QED) is 0.766. The van der Waals surface area contributed by atoms with Crippen molar-refractivity contribution in [2.24, 2.45) is 0 Å². The minimum absolute atomic E-state index is 0.225. The van der Waals surface area contributed by atoms with Gasteiger partial charge in [-0.1, -0.05) is 12.1 Å². The zero-order chi connectivity index (χ0) is 15.9. The normalized spacial score (nSPS) is 10.2. The van der Waals surface area contributed by atoms with Crippen molar-refractivity contribution in [3.8, 4) is 0 Å². The summed E-state index contributed by atoms with van der Waals surface area (Å²) in [5.41, 5.74) is 2.35. The highest BCUT2D eigenvalue weighted by molar-refractivity contribution is 7.10. The summed E-state index contributed by atoms with van der Waals surface area (Å²) >= 11 is 1.70. The molecule has 0 unspecified atom stereocenters. The Bertz CT molecular complexity index is 650. The topological polar surface area (TPSA) is 78.4 Å². The van der Waals surface area contributed by atoms with Gasteiger partial charge in [-0.3, -0.25) is 0 Å². The largest absolute Gasteiger partial charge is 0.478 e. The lowest BCUT2D eigenvalue weighted by molar-refractivity contribution is 0.0697. The number of carboxylic acids is 1. The molecule has 2 rings (SSSR count). The lowest BCUT2D eigenvalue weighted by Gasteiger charge is -2.08. The second-order valence-corrected chi connectivity index (χ2v) is 5.89. The minimum Gasteiger partial charge on any atom is -0.478 e. The standard InChI is InChI=1S/C16H18N2O3S/c1-11-7-9-22-14(11)6-8-17-16(21)18-10-12-2-4-13(5-3-12)15(19)20/h2-5,7,9H,6,8,10H2,1H3,(H,19,20)(H2,17,18,21). The minimum atomic E-state index is -0.957. The molecule has 0 bridgehead atoms. The first kappa shape index (κ1) is 16.0. The van der Waals surface area contributed by atoms with Crippen LogP contribution in [0.2, 0.25) is 0 Å². The molecule has 6 heteroatoms. The third kappa shape index (κ3) is 4.60. The highest BCUT2D eigenvalue weighted by Gasteiger charge is 2.04. The molecule has 3 N–H and O–H groups in total. The van der Waals surface area contributed by atoms with E-state index in [0.29, 0.717) is 13.1 Å². The van der Waals surface area contributed by atoms with E-state index in [1.54, 1.807) is 23.5 Å². The number of aryl methyl sites for hydroxylation is 1. The third-order valence-corrected chi connectivity index (χ3v) is 4.34. The molecule has 0 saturated heterocycles. The number of rotatable bonds is 6. The summed E-state index contributed by atoms with van der Waals surface area (Å²) in [7, 11) is 0. The molecular formula is C16H18N2O3S. The maximum Gasteiger partial charge on any atom is 0.335 e. The predicted molar refractivity (Wildman–Crippen MR) is 86.4 cm³/mol. The fourth-order valence-electron chi connectivity index (χ4n) is 1.96. The van der Waals surface area contributed by atoms with Crippen molar-refractivity contribution >= 4 is 23.3 Å². The second-order valence-electron chi connectivity index (χ2n) is 4.89. The van der Waals surface area contributed by atoms with E-state index < -0.39 is 5.97 Å². The molecule has 0 aliphatic heterocycles. The zero-order valence-corrected chi connectivity index (χ0v) is 13.1. The summed E-state index contributed by atoms with van der Waals surface area (Å²) in [4.78, 5) is 23.7. The first-order valence-corrected chi connectivity index (χ1v) is 7.81. The Morgan fingerprint density at radius 2 is 1.86 bits per heavy atom. The van der Waals surface area contributed by atoms with Gasteiger partial charge in [0.05, 0.1) is 5.56 Å². The second kappa shape index (κ2) is 7.61. The van der Waals surface area contributed by atoms with Crippen LogP contribution in [0.4, 0.5) is 4.79 Å². The Balaban J connectivity index is 1.71. The number of hydrogen-bond acceptors (Lipinski definition) is 3. The van der Waals surface area contributed by atoms with Crippen LogP contribution in [0.3, 0.4) is 0 Å². The van der Waals surface area contributed by atoms with E-state index in [1.807, 2.05) is 5.38 Å². The lowest BCUT2D eigenvalue weighted by atomic mass is 10.1. The summed E-state index contributed by atoms with van der Waals surface area (Å²) in [6, 6.07) is 8.28. The van der Waals surface area contributed by atoms with Gasteiger partial charge < -0.3 is 15.7 Å². The van der Waals surface area contributed by atoms with Gasteiger partial charge in [-0.2, -0.15) is 0 Å². The van der Waals surface area contributed by atoms with Crippen molar-refractivity contribution in [1.29, 1.82) is 0 Å². The van der Waals surface area contributed by atoms with Crippen LogP contribution in [-0.4, -0.2) is 23.7 Å². The van der Waals surface area contributed by atoms with Crippen molar-refractivity contribution in [3.63, 3.8) is 0 Å². The number of nitrogens with one attached hydrogen (secondary N) is 2. The number of carboxylic acid groups (broad SMARTS) is 1. The van der Waals surface area contributed by atoms with Crippen molar-refractivity contribution in [1.82, 2.24) is 10.6 Å². The van der Waals surface area contributed by atoms with Crippen LogP contribution in [0.1, 0.15) is 26.4 Å². The van der Waals surface area contributed by atoms with Gasteiger partial charge >= 0.3 is 12.0 Å². The number of carbonyl (C=O) groups excluding carboxylic acids is 1. The molecule has 22 heavy (non-hydrogen) atoms. The van der Waals surface area contributed by atoms with Gasteiger partial charge in [-0.05, 0) is 48.1 Å². The molecular weight excluding hydrogens is 300 g/mol. The van der Waals surface area contributed by atoms with Gasteiger partial charge in [0.25, 0.3) is 0 Å². The fourth-order valence-corrected chi connectivity index (χ4v) is 2.87. The average Bonchev–Trinajstić information content (AvgIpc) is 2.91. The van der Waals surface area contributed by atoms with Gasteiger partial charge in [-0.25, -0.2) is 9.59 Å². The number of amides is 2.